The van der Waals surface area contributed by atoms with E-state index in [0.717, 1.165) is 12.1 Å². The molecule has 1 atom stereocenters. The van der Waals surface area contributed by atoms with Gasteiger partial charge in [0.1, 0.15) is 0 Å². The van der Waals surface area contributed by atoms with E-state index in [-0.39, 0.29) is 5.56 Å². The summed E-state index contributed by atoms with van der Waals surface area (Å²) in [4.78, 5) is 0. The first-order valence-corrected chi connectivity index (χ1v) is 3.89. The monoisotopic (exact) mass is 189 g/mol. The van der Waals surface area contributed by atoms with Crippen LogP contribution in [-0.4, -0.2) is 12.1 Å². The maximum absolute atomic E-state index is 12.2. The molecule has 0 saturated carbocycles. The van der Waals surface area contributed by atoms with Crippen LogP contribution in [0.3, 0.4) is 0 Å². The van der Waals surface area contributed by atoms with Crippen molar-refractivity contribution in [2.24, 2.45) is 0 Å². The van der Waals surface area contributed by atoms with E-state index in [1.165, 1.54) is 19.1 Å². The van der Waals surface area contributed by atoms with Gasteiger partial charge < -0.3 is 18.1 Å². The van der Waals surface area contributed by atoms with Gasteiger partial charge in [-0.15, -0.1) is 5.46 Å². The minimum absolute atomic E-state index is 0.289. The number of hydrogen-bond acceptors (Lipinski definition) is 1. The predicted octanol–water partition coefficient (Wildman–Crippen LogP) is 1.79. The lowest BCUT2D eigenvalue weighted by molar-refractivity contribution is 0.199. The summed E-state index contributed by atoms with van der Waals surface area (Å²) in [5.74, 6) is 0. The molecule has 0 aliphatic rings. The maximum Gasteiger partial charge on any atom is 0.509 e. The van der Waals surface area contributed by atoms with Gasteiger partial charge in [-0.2, -0.15) is 0 Å². The van der Waals surface area contributed by atoms with Crippen molar-refractivity contribution >= 4 is 12.4 Å². The molecule has 1 unspecified atom stereocenters. The highest BCUT2D eigenvalue weighted by Crippen LogP contribution is 2.14. The summed E-state index contributed by atoms with van der Waals surface area (Å²) in [6.07, 6.45) is -0.863. The van der Waals surface area contributed by atoms with Crippen molar-refractivity contribution in [1.29, 1.82) is 0 Å². The van der Waals surface area contributed by atoms with Gasteiger partial charge in [0, 0.05) is 0 Å². The first-order chi connectivity index (χ1) is 5.91. The molecule has 1 rings (SSSR count). The molecule has 0 amide bonds. The number of rotatable bonds is 2. The summed E-state index contributed by atoms with van der Waals surface area (Å²) < 4.78 is 36.6. The predicted molar refractivity (Wildman–Crippen MR) is 45.8 cm³/mol. The van der Waals surface area contributed by atoms with Gasteiger partial charge in [0.15, 0.2) is 0 Å². The minimum Gasteiger partial charge on any atom is -0.445 e. The third-order valence-electron chi connectivity index (χ3n) is 1.77. The Morgan fingerprint density at radius 1 is 1.31 bits per heavy atom. The fourth-order valence-corrected chi connectivity index (χ4v) is 1.02. The highest BCUT2D eigenvalue weighted by Gasteiger charge is 2.25. The third-order valence-corrected chi connectivity index (χ3v) is 1.77. The molecule has 0 heterocycles. The van der Waals surface area contributed by atoms with Gasteiger partial charge in [0.25, 0.3) is 0 Å². The molecule has 0 aliphatic heterocycles. The van der Waals surface area contributed by atoms with Gasteiger partial charge in [-0.05, 0) is 12.5 Å². The molecule has 1 nitrogen and oxygen atoms in total. The van der Waals surface area contributed by atoms with Crippen LogP contribution >= 0.6 is 0 Å². The van der Waals surface area contributed by atoms with E-state index in [9.17, 15) is 12.9 Å². The van der Waals surface area contributed by atoms with Crippen LogP contribution in [0.1, 0.15) is 18.6 Å². The SMILES string of the molecule is CC(O)c1cccc([B-](F)(F)F)c1. The van der Waals surface area contributed by atoms with Gasteiger partial charge in [-0.3, -0.25) is 0 Å². The minimum atomic E-state index is -4.96. The summed E-state index contributed by atoms with van der Waals surface area (Å²) in [5.41, 5.74) is -0.380. The molecule has 5 heteroatoms. The van der Waals surface area contributed by atoms with E-state index in [1.54, 1.807) is 0 Å². The molecule has 1 aromatic rings. The molecule has 0 aromatic heterocycles. The Balaban J connectivity index is 3.06. The molecule has 0 aliphatic carbocycles. The molecule has 0 saturated heterocycles. The average molecular weight is 189 g/mol. The second kappa shape index (κ2) is 3.42. The molecular weight excluding hydrogens is 180 g/mol. The van der Waals surface area contributed by atoms with Crippen LogP contribution in [0.4, 0.5) is 12.9 Å². The van der Waals surface area contributed by atoms with Crippen molar-refractivity contribution in [2.75, 3.05) is 0 Å². The second-order valence-electron chi connectivity index (χ2n) is 2.92. The summed E-state index contributed by atoms with van der Waals surface area (Å²) in [6, 6.07) is 4.75. The Bertz CT molecular complexity index is 296. The standard InChI is InChI=1S/C8H9BF3O/c1-6(13)7-3-2-4-8(5-7)9(10,11)12/h2-6,13H,1H3/q-1. The van der Waals surface area contributed by atoms with Crippen molar-refractivity contribution in [2.45, 2.75) is 13.0 Å². The number of aliphatic hydroxyl groups excluding tert-OH is 1. The Kier molecular flexibility index (Phi) is 2.66. The number of aliphatic hydroxyl groups is 1. The molecule has 1 aromatic carbocycles. The third kappa shape index (κ3) is 2.49. The van der Waals surface area contributed by atoms with Crippen molar-refractivity contribution in [1.82, 2.24) is 0 Å². The lowest BCUT2D eigenvalue weighted by atomic mass is 9.79. The Labute approximate surface area is 74.3 Å². The van der Waals surface area contributed by atoms with Crippen molar-refractivity contribution < 1.29 is 18.1 Å². The van der Waals surface area contributed by atoms with Gasteiger partial charge in [-0.1, -0.05) is 24.3 Å². The fourth-order valence-electron chi connectivity index (χ4n) is 1.02. The average Bonchev–Trinajstić information content (AvgIpc) is 2.03. The van der Waals surface area contributed by atoms with E-state index >= 15 is 0 Å². The second-order valence-corrected chi connectivity index (χ2v) is 2.92. The van der Waals surface area contributed by atoms with Gasteiger partial charge in [-0.25, -0.2) is 0 Å². The van der Waals surface area contributed by atoms with E-state index in [1.807, 2.05) is 0 Å². The molecule has 0 radical (unpaired) electrons. The van der Waals surface area contributed by atoms with E-state index < -0.39 is 18.5 Å². The molecular formula is C8H9BF3O-. The zero-order chi connectivity index (χ0) is 10.1. The molecule has 0 bridgehead atoms. The zero-order valence-electron chi connectivity index (χ0n) is 7.05. The Morgan fingerprint density at radius 2 is 1.92 bits per heavy atom. The Hall–Kier alpha value is -0.965. The topological polar surface area (TPSA) is 20.2 Å². The van der Waals surface area contributed by atoms with Crippen LogP contribution in [0.5, 0.6) is 0 Å². The van der Waals surface area contributed by atoms with Gasteiger partial charge >= 0.3 is 6.98 Å². The van der Waals surface area contributed by atoms with Crippen LogP contribution in [-0.2, 0) is 0 Å². The summed E-state index contributed by atoms with van der Waals surface area (Å²) >= 11 is 0. The first-order valence-electron chi connectivity index (χ1n) is 3.89. The zero-order valence-corrected chi connectivity index (χ0v) is 7.05. The van der Waals surface area contributed by atoms with E-state index in [2.05, 4.69) is 0 Å². The molecule has 0 spiro atoms. The highest BCUT2D eigenvalue weighted by molar-refractivity contribution is 6.73. The lowest BCUT2D eigenvalue weighted by Crippen LogP contribution is -2.34. The number of hydrogen-bond donors (Lipinski definition) is 1. The highest BCUT2D eigenvalue weighted by atomic mass is 19.4. The Morgan fingerprint density at radius 3 is 2.38 bits per heavy atom. The van der Waals surface area contributed by atoms with Crippen LogP contribution in [0.15, 0.2) is 24.3 Å². The lowest BCUT2D eigenvalue weighted by Gasteiger charge is -2.16. The van der Waals surface area contributed by atoms with Crippen molar-refractivity contribution in [3.63, 3.8) is 0 Å². The molecule has 13 heavy (non-hydrogen) atoms. The number of halogens is 3. The van der Waals surface area contributed by atoms with Crippen LogP contribution in [0.25, 0.3) is 0 Å². The van der Waals surface area contributed by atoms with Gasteiger partial charge in [0.2, 0.25) is 0 Å². The van der Waals surface area contributed by atoms with Crippen LogP contribution in [0, 0.1) is 0 Å². The van der Waals surface area contributed by atoms with Crippen LogP contribution in [0.2, 0.25) is 0 Å². The van der Waals surface area contributed by atoms with Gasteiger partial charge in [0.05, 0.1) is 6.10 Å². The largest absolute Gasteiger partial charge is 0.509 e. The maximum atomic E-state index is 12.2. The molecule has 0 fully saturated rings. The first kappa shape index (κ1) is 10.1. The summed E-state index contributed by atoms with van der Waals surface area (Å²) in [5, 5.41) is 9.05. The summed E-state index contributed by atoms with van der Waals surface area (Å²) in [7, 11) is 0. The van der Waals surface area contributed by atoms with Crippen molar-refractivity contribution in [3.8, 4) is 0 Å². The smallest absolute Gasteiger partial charge is 0.445 e. The van der Waals surface area contributed by atoms with E-state index in [4.69, 9.17) is 5.11 Å². The normalized spacial score (nSPS) is 14.2. The number of benzene rings is 1. The molecule has 72 valence electrons. The van der Waals surface area contributed by atoms with E-state index in [0.29, 0.717) is 0 Å². The fraction of sp³-hybridized carbons (Fsp3) is 0.250. The quantitative estimate of drug-likeness (QED) is 0.703. The summed E-state index contributed by atoms with van der Waals surface area (Å²) in [6.45, 7) is -3.53. The van der Waals surface area contributed by atoms with Crippen LogP contribution < -0.4 is 5.46 Å². The van der Waals surface area contributed by atoms with Crippen molar-refractivity contribution in [3.05, 3.63) is 29.8 Å². The molecule has 1 N–H and O–H groups in total.